The smallest absolute Gasteiger partial charge is 0.0541 e. The van der Waals surface area contributed by atoms with Crippen LogP contribution < -0.4 is 5.32 Å². The molecule has 1 saturated heterocycles. The van der Waals surface area contributed by atoms with E-state index in [2.05, 4.69) is 160 Å². The number of fused-ring (bicyclic) bond motifs is 6. The maximum absolute atomic E-state index is 3.62. The molecule has 0 unspecified atom stereocenters. The molecule has 0 saturated carbocycles. The fourth-order valence-electron chi connectivity index (χ4n) is 7.86. The van der Waals surface area contributed by atoms with Gasteiger partial charge in [0.25, 0.3) is 0 Å². The number of hydrogen-bond acceptors (Lipinski definition) is 1. The Hall–Kier alpha value is -5.12. The van der Waals surface area contributed by atoms with Gasteiger partial charge in [-0.05, 0) is 85.6 Å². The number of hydrogen-bond donors (Lipinski definition) is 1. The van der Waals surface area contributed by atoms with Crippen LogP contribution >= 0.6 is 0 Å². The van der Waals surface area contributed by atoms with Crippen LogP contribution in [0.4, 0.5) is 0 Å². The summed E-state index contributed by atoms with van der Waals surface area (Å²) in [7, 11) is 0. The SMILES string of the molecule is c1ccc2c(c1)c1ccccc1n2-c1ccc(C2(c3ccc(-n4c5ccccc5c5ccccc54)cc3)CCNCC2)cc1. The third-order valence-corrected chi connectivity index (χ3v) is 9.97. The van der Waals surface area contributed by atoms with E-state index in [1.165, 1.54) is 66.1 Å². The minimum Gasteiger partial charge on any atom is -0.317 e. The van der Waals surface area contributed by atoms with Gasteiger partial charge in [0.1, 0.15) is 0 Å². The summed E-state index contributed by atoms with van der Waals surface area (Å²) in [5, 5.41) is 8.81. The number of piperidine rings is 1. The molecule has 3 heterocycles. The van der Waals surface area contributed by atoms with Gasteiger partial charge in [-0.15, -0.1) is 0 Å². The minimum absolute atomic E-state index is 0.0239. The fourth-order valence-corrected chi connectivity index (χ4v) is 7.86. The van der Waals surface area contributed by atoms with Crippen LogP contribution in [-0.2, 0) is 5.41 Å². The first kappa shape index (κ1) is 25.4. The van der Waals surface area contributed by atoms with Crippen molar-refractivity contribution in [1.29, 1.82) is 0 Å². The van der Waals surface area contributed by atoms with E-state index >= 15 is 0 Å². The molecule has 2 aromatic heterocycles. The Balaban J connectivity index is 1.14. The van der Waals surface area contributed by atoms with E-state index in [1.807, 2.05) is 0 Å². The number of aromatic nitrogens is 2. The van der Waals surface area contributed by atoms with Gasteiger partial charge in [-0.3, -0.25) is 0 Å². The van der Waals surface area contributed by atoms with Crippen LogP contribution in [0.15, 0.2) is 146 Å². The first-order valence-electron chi connectivity index (χ1n) is 15.7. The Morgan fingerprint density at radius 1 is 0.386 bits per heavy atom. The Kier molecular flexibility index (Phi) is 5.75. The van der Waals surface area contributed by atoms with Crippen LogP contribution in [0.3, 0.4) is 0 Å². The van der Waals surface area contributed by atoms with Crippen molar-refractivity contribution in [2.45, 2.75) is 18.3 Å². The first-order valence-corrected chi connectivity index (χ1v) is 15.7. The molecule has 6 aromatic carbocycles. The van der Waals surface area contributed by atoms with Gasteiger partial charge in [-0.1, -0.05) is 97.1 Å². The number of para-hydroxylation sites is 4. The van der Waals surface area contributed by atoms with Gasteiger partial charge >= 0.3 is 0 Å². The number of nitrogens with zero attached hydrogens (tertiary/aromatic N) is 2. The van der Waals surface area contributed by atoms with Crippen LogP contribution in [0.2, 0.25) is 0 Å². The molecule has 0 atom stereocenters. The van der Waals surface area contributed by atoms with Crippen LogP contribution in [0.5, 0.6) is 0 Å². The highest BCUT2D eigenvalue weighted by Crippen LogP contribution is 2.42. The van der Waals surface area contributed by atoms with E-state index < -0.39 is 0 Å². The summed E-state index contributed by atoms with van der Waals surface area (Å²) in [6.45, 7) is 2.03. The van der Waals surface area contributed by atoms with Gasteiger partial charge in [-0.25, -0.2) is 0 Å². The maximum atomic E-state index is 3.62. The molecule has 3 nitrogen and oxygen atoms in total. The average molecular weight is 568 g/mol. The molecular formula is C41H33N3. The number of nitrogens with one attached hydrogen (secondary N) is 1. The van der Waals surface area contributed by atoms with Gasteiger partial charge in [-0.2, -0.15) is 0 Å². The lowest BCUT2D eigenvalue weighted by atomic mass is 9.68. The van der Waals surface area contributed by atoms with Crippen molar-refractivity contribution >= 4 is 43.6 Å². The number of benzene rings is 6. The molecule has 0 amide bonds. The summed E-state index contributed by atoms with van der Waals surface area (Å²) in [6, 6.07) is 53.8. The maximum Gasteiger partial charge on any atom is 0.0541 e. The van der Waals surface area contributed by atoms with E-state index in [4.69, 9.17) is 0 Å². The zero-order chi connectivity index (χ0) is 29.1. The van der Waals surface area contributed by atoms with Gasteiger partial charge in [0.05, 0.1) is 22.1 Å². The minimum atomic E-state index is -0.0239. The summed E-state index contributed by atoms with van der Waals surface area (Å²) in [5.74, 6) is 0. The molecule has 0 spiro atoms. The van der Waals surface area contributed by atoms with Crippen LogP contribution in [-0.4, -0.2) is 22.2 Å². The predicted octanol–water partition coefficient (Wildman–Crippen LogP) is 9.55. The van der Waals surface area contributed by atoms with Gasteiger partial charge in [0, 0.05) is 38.3 Å². The first-order chi connectivity index (χ1) is 21.8. The summed E-state index contributed by atoms with van der Waals surface area (Å²) >= 11 is 0. The van der Waals surface area contributed by atoms with Crippen LogP contribution in [0.1, 0.15) is 24.0 Å². The summed E-state index contributed by atoms with van der Waals surface area (Å²) < 4.78 is 4.81. The van der Waals surface area contributed by atoms with Crippen molar-refractivity contribution in [3.63, 3.8) is 0 Å². The van der Waals surface area contributed by atoms with Crippen molar-refractivity contribution in [1.82, 2.24) is 14.5 Å². The summed E-state index contributed by atoms with van der Waals surface area (Å²) in [4.78, 5) is 0. The molecule has 9 rings (SSSR count). The van der Waals surface area contributed by atoms with Crippen molar-refractivity contribution in [2.24, 2.45) is 0 Å². The van der Waals surface area contributed by atoms with Gasteiger partial charge in [0.15, 0.2) is 0 Å². The zero-order valence-corrected chi connectivity index (χ0v) is 24.6. The average Bonchev–Trinajstić information content (AvgIpc) is 3.62. The predicted molar refractivity (Wildman–Crippen MR) is 184 cm³/mol. The third-order valence-electron chi connectivity index (χ3n) is 9.97. The Morgan fingerprint density at radius 2 is 0.705 bits per heavy atom. The third kappa shape index (κ3) is 3.73. The van der Waals surface area contributed by atoms with Crippen molar-refractivity contribution in [3.05, 3.63) is 157 Å². The molecule has 1 N–H and O–H groups in total. The van der Waals surface area contributed by atoms with E-state index in [9.17, 15) is 0 Å². The second-order valence-electron chi connectivity index (χ2n) is 12.2. The molecule has 0 aliphatic carbocycles. The normalized spacial score (nSPS) is 15.0. The van der Waals surface area contributed by atoms with E-state index in [0.29, 0.717) is 0 Å². The van der Waals surface area contributed by atoms with Crippen molar-refractivity contribution < 1.29 is 0 Å². The standard InChI is InChI=1S/C41H33N3/c1-5-13-37-33(9-1)34-10-2-6-14-38(34)43(37)31-21-17-29(18-22-31)41(25-27-42-28-26-41)30-19-23-32(24-20-30)44-39-15-7-3-11-35(39)36-12-4-8-16-40(36)44/h1-24,42H,25-28H2. The van der Waals surface area contributed by atoms with Crippen molar-refractivity contribution in [2.75, 3.05) is 13.1 Å². The van der Waals surface area contributed by atoms with Crippen LogP contribution in [0, 0.1) is 0 Å². The molecule has 44 heavy (non-hydrogen) atoms. The zero-order valence-electron chi connectivity index (χ0n) is 24.6. The summed E-state index contributed by atoms with van der Waals surface area (Å²) in [5.41, 5.74) is 10.2. The van der Waals surface area contributed by atoms with Gasteiger partial charge < -0.3 is 14.5 Å². The molecular weight excluding hydrogens is 534 g/mol. The van der Waals surface area contributed by atoms with E-state index in [0.717, 1.165) is 25.9 Å². The highest BCUT2D eigenvalue weighted by molar-refractivity contribution is 6.10. The molecule has 212 valence electrons. The fraction of sp³-hybridized carbons (Fsp3) is 0.122. The quantitative estimate of drug-likeness (QED) is 0.225. The van der Waals surface area contributed by atoms with E-state index in [1.54, 1.807) is 0 Å². The molecule has 8 aromatic rings. The Labute approximate surface area is 257 Å². The molecule has 0 radical (unpaired) electrons. The monoisotopic (exact) mass is 567 g/mol. The van der Waals surface area contributed by atoms with E-state index in [-0.39, 0.29) is 5.41 Å². The highest BCUT2D eigenvalue weighted by Gasteiger charge is 2.35. The largest absolute Gasteiger partial charge is 0.317 e. The molecule has 1 aliphatic heterocycles. The second kappa shape index (κ2) is 9.97. The van der Waals surface area contributed by atoms with Crippen LogP contribution in [0.25, 0.3) is 55.0 Å². The highest BCUT2D eigenvalue weighted by atomic mass is 15.0. The lowest BCUT2D eigenvalue weighted by Gasteiger charge is -2.39. The Bertz CT molecular complexity index is 2030. The van der Waals surface area contributed by atoms with Gasteiger partial charge in [0.2, 0.25) is 0 Å². The topological polar surface area (TPSA) is 21.9 Å². The molecule has 1 aliphatic rings. The molecule has 1 fully saturated rings. The Morgan fingerprint density at radius 3 is 1.05 bits per heavy atom. The second-order valence-corrected chi connectivity index (χ2v) is 12.2. The molecule has 0 bridgehead atoms. The lowest BCUT2D eigenvalue weighted by molar-refractivity contribution is 0.362. The summed E-state index contributed by atoms with van der Waals surface area (Å²) in [6.07, 6.45) is 2.16. The lowest BCUT2D eigenvalue weighted by Crippen LogP contribution is -2.40. The molecule has 3 heteroatoms. The van der Waals surface area contributed by atoms with Crippen molar-refractivity contribution in [3.8, 4) is 11.4 Å². The number of rotatable bonds is 4.